The first-order valence-corrected chi connectivity index (χ1v) is 6.18. The summed E-state index contributed by atoms with van der Waals surface area (Å²) >= 11 is 0. The molecule has 0 aromatic carbocycles. The number of aliphatic carboxylic acids is 1. The van der Waals surface area contributed by atoms with E-state index in [1.54, 1.807) is 0 Å². The smallest absolute Gasteiger partial charge is 0.328 e. The van der Waals surface area contributed by atoms with E-state index < -0.39 is 18.0 Å². The van der Waals surface area contributed by atoms with Crippen LogP contribution >= 0.6 is 0 Å². The Balaban J connectivity index is 2.51. The molecule has 1 aliphatic heterocycles. The van der Waals surface area contributed by atoms with Crippen molar-refractivity contribution in [2.24, 2.45) is 0 Å². The van der Waals surface area contributed by atoms with Gasteiger partial charge in [-0.3, -0.25) is 9.69 Å². The largest absolute Gasteiger partial charge is 0.480 e. The number of nitrogens with zero attached hydrogens (tertiary/aromatic N) is 2. The lowest BCUT2D eigenvalue weighted by molar-refractivity contribution is -0.144. The van der Waals surface area contributed by atoms with Crippen LogP contribution in [0.3, 0.4) is 0 Å². The van der Waals surface area contributed by atoms with Gasteiger partial charge in [0, 0.05) is 19.6 Å². The first-order valence-electron chi connectivity index (χ1n) is 6.18. The lowest BCUT2D eigenvalue weighted by atomic mass is 10.2. The molecule has 3 amide bonds. The second-order valence-corrected chi connectivity index (χ2v) is 4.41. The number of piperazine rings is 1. The molecule has 0 saturated carbocycles. The molecule has 1 atom stereocenters. The predicted octanol–water partition coefficient (Wildman–Crippen LogP) is -1.47. The van der Waals surface area contributed by atoms with Crippen LogP contribution in [0.4, 0.5) is 4.79 Å². The van der Waals surface area contributed by atoms with Crippen molar-refractivity contribution in [3.8, 4) is 0 Å². The number of hydrogen-bond donors (Lipinski definition) is 3. The maximum absolute atomic E-state index is 11.9. The number of carboxylic acid groups (broad SMARTS) is 1. The minimum atomic E-state index is -1.12. The summed E-state index contributed by atoms with van der Waals surface area (Å²) in [7, 11) is 1.92. The minimum Gasteiger partial charge on any atom is -0.480 e. The Kier molecular flexibility index (Phi) is 5.56. The van der Waals surface area contributed by atoms with Gasteiger partial charge >= 0.3 is 12.0 Å². The Morgan fingerprint density at radius 3 is 2.84 bits per heavy atom. The molecule has 0 bridgehead atoms. The molecular weight excluding hydrogens is 252 g/mol. The zero-order valence-corrected chi connectivity index (χ0v) is 11.2. The zero-order chi connectivity index (χ0) is 14.4. The maximum atomic E-state index is 11.9. The number of carbonyl (C=O) groups is 3. The number of urea groups is 1. The van der Waals surface area contributed by atoms with Crippen LogP contribution in [0.1, 0.15) is 6.92 Å². The molecule has 1 unspecified atom stereocenters. The average molecular weight is 272 g/mol. The van der Waals surface area contributed by atoms with Gasteiger partial charge in [0.05, 0.1) is 0 Å². The van der Waals surface area contributed by atoms with Gasteiger partial charge in [0.2, 0.25) is 5.91 Å². The molecule has 0 aromatic rings. The monoisotopic (exact) mass is 272 g/mol. The third-order valence-corrected chi connectivity index (χ3v) is 3.04. The zero-order valence-electron chi connectivity index (χ0n) is 11.2. The molecule has 1 heterocycles. The van der Waals surface area contributed by atoms with Gasteiger partial charge in [-0.25, -0.2) is 9.59 Å². The summed E-state index contributed by atoms with van der Waals surface area (Å²) in [4.78, 5) is 37.2. The third kappa shape index (κ3) is 4.40. The Morgan fingerprint density at radius 2 is 2.26 bits per heavy atom. The second kappa shape index (κ2) is 6.93. The van der Waals surface area contributed by atoms with Crippen LogP contribution in [0, 0.1) is 0 Å². The van der Waals surface area contributed by atoms with E-state index in [0.717, 1.165) is 11.4 Å². The summed E-state index contributed by atoms with van der Waals surface area (Å²) in [5, 5.41) is 14.1. The number of carbonyl (C=O) groups excluding carboxylic acids is 2. The van der Waals surface area contributed by atoms with E-state index in [4.69, 9.17) is 5.11 Å². The number of rotatable bonds is 5. The molecule has 8 heteroatoms. The topological polar surface area (TPSA) is 102 Å². The summed E-state index contributed by atoms with van der Waals surface area (Å²) in [5.74, 6) is -1.47. The van der Waals surface area contributed by atoms with Gasteiger partial charge in [-0.2, -0.15) is 0 Å². The van der Waals surface area contributed by atoms with E-state index in [0.29, 0.717) is 13.1 Å². The Bertz CT molecular complexity index is 361. The molecule has 0 radical (unpaired) electrons. The highest BCUT2D eigenvalue weighted by Crippen LogP contribution is 2.04. The number of amides is 3. The fourth-order valence-electron chi connectivity index (χ4n) is 1.69. The Labute approximate surface area is 111 Å². The number of carboxylic acids is 1. The van der Waals surface area contributed by atoms with Gasteiger partial charge in [0.15, 0.2) is 0 Å². The molecule has 1 aliphatic rings. The van der Waals surface area contributed by atoms with Crippen LogP contribution in [-0.4, -0.2) is 78.6 Å². The van der Waals surface area contributed by atoms with Crippen molar-refractivity contribution < 1.29 is 19.5 Å². The second-order valence-electron chi connectivity index (χ2n) is 4.41. The molecule has 1 rings (SSSR count). The summed E-state index contributed by atoms with van der Waals surface area (Å²) < 4.78 is 0. The molecule has 3 N–H and O–H groups in total. The molecule has 0 spiro atoms. The van der Waals surface area contributed by atoms with Gasteiger partial charge in [-0.15, -0.1) is 0 Å². The third-order valence-electron chi connectivity index (χ3n) is 3.04. The van der Waals surface area contributed by atoms with Gasteiger partial charge < -0.3 is 20.6 Å². The van der Waals surface area contributed by atoms with Crippen LogP contribution in [0.15, 0.2) is 0 Å². The molecule has 0 aliphatic carbocycles. The van der Waals surface area contributed by atoms with Crippen LogP contribution in [0.25, 0.3) is 0 Å². The first kappa shape index (κ1) is 15.2. The Hall–Kier alpha value is -1.83. The average Bonchev–Trinajstić information content (AvgIpc) is 2.37. The molecule has 108 valence electrons. The summed E-state index contributed by atoms with van der Waals surface area (Å²) in [6, 6.07) is -1.53. The number of likely N-dealkylation sites (N-methyl/N-ethyl adjacent to an activating group) is 1. The van der Waals surface area contributed by atoms with E-state index in [2.05, 4.69) is 10.6 Å². The molecule has 8 nitrogen and oxygen atoms in total. The van der Waals surface area contributed by atoms with E-state index >= 15 is 0 Å². The van der Waals surface area contributed by atoms with Crippen LogP contribution in [-0.2, 0) is 9.59 Å². The highest BCUT2D eigenvalue weighted by atomic mass is 16.4. The highest BCUT2D eigenvalue weighted by molar-refractivity contribution is 5.90. The normalized spacial score (nSPS) is 19.2. The molecule has 1 saturated heterocycles. The lowest BCUT2D eigenvalue weighted by Gasteiger charge is -2.32. The molecule has 19 heavy (non-hydrogen) atoms. The first-order chi connectivity index (χ1) is 8.95. The van der Waals surface area contributed by atoms with Crippen LogP contribution in [0.5, 0.6) is 0 Å². The van der Waals surface area contributed by atoms with Crippen molar-refractivity contribution in [1.29, 1.82) is 0 Å². The fourth-order valence-corrected chi connectivity index (χ4v) is 1.69. The van der Waals surface area contributed by atoms with Crippen molar-refractivity contribution in [3.63, 3.8) is 0 Å². The molecule has 1 fully saturated rings. The predicted molar refractivity (Wildman–Crippen MR) is 67.7 cm³/mol. The number of hydrogen-bond acceptors (Lipinski definition) is 4. The standard InChI is InChI=1S/C11H20N4O4/c1-3-14(2)5-4-12-11(19)15-7-9(16)13-6-8(15)10(17)18/h8H,3-7H2,1-2H3,(H,12,19)(H,13,16)(H,17,18). The van der Waals surface area contributed by atoms with Crippen LogP contribution in [0.2, 0.25) is 0 Å². The maximum Gasteiger partial charge on any atom is 0.328 e. The highest BCUT2D eigenvalue weighted by Gasteiger charge is 2.34. The number of nitrogens with one attached hydrogen (secondary N) is 2. The Morgan fingerprint density at radius 1 is 1.58 bits per heavy atom. The molecule has 0 aromatic heterocycles. The SMILES string of the molecule is CCN(C)CCNC(=O)N1CC(=O)NCC1C(=O)O. The quantitative estimate of drug-likeness (QED) is 0.567. The van der Waals surface area contributed by atoms with E-state index in [9.17, 15) is 14.4 Å². The van der Waals surface area contributed by atoms with Crippen LogP contribution < -0.4 is 10.6 Å². The van der Waals surface area contributed by atoms with Crippen molar-refractivity contribution in [3.05, 3.63) is 0 Å². The van der Waals surface area contributed by atoms with Crippen molar-refractivity contribution in [1.82, 2.24) is 20.4 Å². The van der Waals surface area contributed by atoms with Crippen molar-refractivity contribution in [2.75, 3.05) is 39.8 Å². The molecular formula is C11H20N4O4. The van der Waals surface area contributed by atoms with Crippen molar-refractivity contribution >= 4 is 17.9 Å². The fraction of sp³-hybridized carbons (Fsp3) is 0.727. The summed E-state index contributed by atoms with van der Waals surface area (Å²) in [6.07, 6.45) is 0. The summed E-state index contributed by atoms with van der Waals surface area (Å²) in [5.41, 5.74) is 0. The summed E-state index contributed by atoms with van der Waals surface area (Å²) in [6.45, 7) is 3.65. The van der Waals surface area contributed by atoms with Gasteiger partial charge in [0.25, 0.3) is 0 Å². The van der Waals surface area contributed by atoms with E-state index in [1.807, 2.05) is 18.9 Å². The van der Waals surface area contributed by atoms with E-state index in [1.165, 1.54) is 0 Å². The lowest BCUT2D eigenvalue weighted by Crippen LogP contribution is -2.61. The minimum absolute atomic E-state index is 0.0591. The van der Waals surface area contributed by atoms with Gasteiger partial charge in [0.1, 0.15) is 12.6 Å². The van der Waals surface area contributed by atoms with Crippen molar-refractivity contribution in [2.45, 2.75) is 13.0 Å². The van der Waals surface area contributed by atoms with E-state index in [-0.39, 0.29) is 19.0 Å². The van der Waals surface area contributed by atoms with Gasteiger partial charge in [-0.05, 0) is 13.6 Å². The van der Waals surface area contributed by atoms with Gasteiger partial charge in [-0.1, -0.05) is 6.92 Å².